The summed E-state index contributed by atoms with van der Waals surface area (Å²) in [5, 5.41) is 6.42. The molecule has 0 heterocycles. The number of carbonyl (C=O) groups excluding carboxylic acids is 1. The van der Waals surface area contributed by atoms with Crippen LogP contribution in [0, 0.1) is 0 Å². The van der Waals surface area contributed by atoms with Crippen molar-refractivity contribution in [3.63, 3.8) is 0 Å². The van der Waals surface area contributed by atoms with E-state index >= 15 is 0 Å². The third-order valence-electron chi connectivity index (χ3n) is 3.97. The molecule has 1 unspecified atom stereocenters. The number of nitrogens with one attached hydrogen (secondary N) is 2. The predicted molar refractivity (Wildman–Crippen MR) is 98.9 cm³/mol. The van der Waals surface area contributed by atoms with Crippen LogP contribution in [0.1, 0.15) is 18.9 Å². The summed E-state index contributed by atoms with van der Waals surface area (Å²) in [4.78, 5) is 12.2. The van der Waals surface area contributed by atoms with E-state index in [0.717, 1.165) is 12.0 Å². The summed E-state index contributed by atoms with van der Waals surface area (Å²) in [6, 6.07) is 14.4. The highest BCUT2D eigenvalue weighted by Gasteiger charge is 2.30. The molecule has 0 aromatic heterocycles. The Kier molecular flexibility index (Phi) is 6.49. The fraction of sp³-hybridized carbons (Fsp3) is 0.278. The highest BCUT2D eigenvalue weighted by molar-refractivity contribution is 6.42. The first kappa shape index (κ1) is 18.6. The van der Waals surface area contributed by atoms with Gasteiger partial charge in [-0.15, -0.1) is 0 Å². The number of carbonyl (C=O) groups is 1. The minimum absolute atomic E-state index is 0.334. The first-order valence-electron chi connectivity index (χ1n) is 7.61. The van der Waals surface area contributed by atoms with Gasteiger partial charge in [-0.3, -0.25) is 0 Å². The van der Waals surface area contributed by atoms with E-state index in [1.54, 1.807) is 25.3 Å². The Morgan fingerprint density at radius 1 is 1.12 bits per heavy atom. The van der Waals surface area contributed by atoms with Crippen molar-refractivity contribution in [2.45, 2.75) is 18.9 Å². The molecule has 128 valence electrons. The molecule has 24 heavy (non-hydrogen) atoms. The van der Waals surface area contributed by atoms with E-state index in [-0.39, 0.29) is 6.03 Å². The SMILES string of the molecule is CCC(CNC(=O)Nc1ccc(Cl)c(Cl)c1)(OC)c1ccccc1. The molecule has 0 bridgehead atoms. The molecule has 6 heteroatoms. The molecule has 0 aliphatic carbocycles. The summed E-state index contributed by atoms with van der Waals surface area (Å²) in [5.74, 6) is 0. The zero-order valence-electron chi connectivity index (χ0n) is 13.6. The van der Waals surface area contributed by atoms with Crippen molar-refractivity contribution in [2.75, 3.05) is 19.0 Å². The zero-order valence-corrected chi connectivity index (χ0v) is 15.1. The monoisotopic (exact) mass is 366 g/mol. The number of halogens is 2. The molecule has 4 nitrogen and oxygen atoms in total. The van der Waals surface area contributed by atoms with E-state index in [9.17, 15) is 4.79 Å². The molecule has 0 radical (unpaired) electrons. The number of hydrogen-bond acceptors (Lipinski definition) is 2. The normalized spacial score (nSPS) is 13.2. The molecule has 0 aliphatic heterocycles. The van der Waals surface area contributed by atoms with Gasteiger partial charge in [-0.25, -0.2) is 4.79 Å². The smallest absolute Gasteiger partial charge is 0.319 e. The van der Waals surface area contributed by atoms with Gasteiger partial charge in [-0.05, 0) is 30.2 Å². The molecule has 2 aromatic rings. The Morgan fingerprint density at radius 3 is 2.42 bits per heavy atom. The van der Waals surface area contributed by atoms with Crippen LogP contribution in [0.5, 0.6) is 0 Å². The molecular weight excluding hydrogens is 347 g/mol. The van der Waals surface area contributed by atoms with Gasteiger partial charge in [0, 0.05) is 12.8 Å². The third-order valence-corrected chi connectivity index (χ3v) is 4.71. The second-order valence-electron chi connectivity index (χ2n) is 5.35. The third kappa shape index (κ3) is 4.41. The Bertz CT molecular complexity index is 689. The van der Waals surface area contributed by atoms with E-state index in [0.29, 0.717) is 22.3 Å². The number of anilines is 1. The minimum atomic E-state index is -0.573. The minimum Gasteiger partial charge on any atom is -0.372 e. The molecule has 2 aromatic carbocycles. The highest BCUT2D eigenvalue weighted by Crippen LogP contribution is 2.28. The van der Waals surface area contributed by atoms with Crippen molar-refractivity contribution in [1.29, 1.82) is 0 Å². The van der Waals surface area contributed by atoms with E-state index in [2.05, 4.69) is 10.6 Å². The average Bonchev–Trinajstić information content (AvgIpc) is 2.60. The summed E-state index contributed by atoms with van der Waals surface area (Å²) in [7, 11) is 1.65. The van der Waals surface area contributed by atoms with Crippen LogP contribution in [-0.2, 0) is 10.3 Å². The van der Waals surface area contributed by atoms with E-state index in [4.69, 9.17) is 27.9 Å². The number of amides is 2. The van der Waals surface area contributed by atoms with Gasteiger partial charge in [-0.1, -0.05) is 60.5 Å². The van der Waals surface area contributed by atoms with Gasteiger partial charge in [0.1, 0.15) is 5.60 Å². The summed E-state index contributed by atoms with van der Waals surface area (Å²) in [6.45, 7) is 2.37. The molecule has 1 atom stereocenters. The van der Waals surface area contributed by atoms with Crippen molar-refractivity contribution in [3.8, 4) is 0 Å². The second kappa shape index (κ2) is 8.38. The van der Waals surface area contributed by atoms with Crippen LogP contribution in [-0.4, -0.2) is 19.7 Å². The number of rotatable bonds is 6. The first-order chi connectivity index (χ1) is 11.5. The van der Waals surface area contributed by atoms with Gasteiger partial charge in [0.05, 0.1) is 16.6 Å². The second-order valence-corrected chi connectivity index (χ2v) is 6.17. The lowest BCUT2D eigenvalue weighted by molar-refractivity contribution is -0.0149. The van der Waals surface area contributed by atoms with Crippen LogP contribution in [0.25, 0.3) is 0 Å². The predicted octanol–water partition coefficient (Wildman–Crippen LogP) is 5.07. The van der Waals surface area contributed by atoms with Crippen LogP contribution in [0.2, 0.25) is 10.0 Å². The number of methoxy groups -OCH3 is 1. The molecule has 0 saturated carbocycles. The van der Waals surface area contributed by atoms with Crippen LogP contribution in [0.4, 0.5) is 10.5 Å². The molecule has 2 N–H and O–H groups in total. The molecule has 0 saturated heterocycles. The standard InChI is InChI=1S/C18H20Cl2N2O2/c1-3-18(24-2,13-7-5-4-6-8-13)12-21-17(23)22-14-9-10-15(19)16(20)11-14/h4-11H,3,12H2,1-2H3,(H2,21,22,23). The zero-order chi connectivity index (χ0) is 17.6. The Labute approximate surface area is 152 Å². The van der Waals surface area contributed by atoms with Gasteiger partial charge in [-0.2, -0.15) is 0 Å². The average molecular weight is 367 g/mol. The van der Waals surface area contributed by atoms with Crippen molar-refractivity contribution < 1.29 is 9.53 Å². The van der Waals surface area contributed by atoms with Gasteiger partial charge in [0.25, 0.3) is 0 Å². The van der Waals surface area contributed by atoms with Crippen LogP contribution < -0.4 is 10.6 Å². The Morgan fingerprint density at radius 2 is 1.83 bits per heavy atom. The number of benzene rings is 2. The van der Waals surface area contributed by atoms with E-state index in [1.165, 1.54) is 0 Å². The highest BCUT2D eigenvalue weighted by atomic mass is 35.5. The summed E-state index contributed by atoms with van der Waals surface area (Å²) >= 11 is 11.8. The van der Waals surface area contributed by atoms with Crippen molar-refractivity contribution in [3.05, 3.63) is 64.1 Å². The fourth-order valence-electron chi connectivity index (χ4n) is 2.48. The lowest BCUT2D eigenvalue weighted by Crippen LogP contribution is -2.43. The van der Waals surface area contributed by atoms with Crippen LogP contribution in [0.3, 0.4) is 0 Å². The van der Waals surface area contributed by atoms with Gasteiger partial charge >= 0.3 is 6.03 Å². The number of ether oxygens (including phenoxy) is 1. The Balaban J connectivity index is 2.04. The Hall–Kier alpha value is -1.75. The van der Waals surface area contributed by atoms with Gasteiger partial charge < -0.3 is 15.4 Å². The van der Waals surface area contributed by atoms with Gasteiger partial charge in [0.15, 0.2) is 0 Å². The number of urea groups is 1. The van der Waals surface area contributed by atoms with E-state index in [1.807, 2.05) is 37.3 Å². The largest absolute Gasteiger partial charge is 0.372 e. The molecule has 0 aliphatic rings. The van der Waals surface area contributed by atoms with E-state index < -0.39 is 5.60 Å². The van der Waals surface area contributed by atoms with Crippen molar-refractivity contribution in [2.24, 2.45) is 0 Å². The topological polar surface area (TPSA) is 50.4 Å². The van der Waals surface area contributed by atoms with Crippen LogP contribution in [0.15, 0.2) is 48.5 Å². The summed E-state index contributed by atoms with van der Waals surface area (Å²) < 4.78 is 5.73. The maximum atomic E-state index is 12.2. The lowest BCUT2D eigenvalue weighted by atomic mass is 9.91. The summed E-state index contributed by atoms with van der Waals surface area (Å²) in [6.07, 6.45) is 0.723. The summed E-state index contributed by atoms with van der Waals surface area (Å²) in [5.41, 5.74) is 1.02. The lowest BCUT2D eigenvalue weighted by Gasteiger charge is -2.32. The first-order valence-corrected chi connectivity index (χ1v) is 8.37. The number of hydrogen-bond donors (Lipinski definition) is 2. The fourth-order valence-corrected chi connectivity index (χ4v) is 2.78. The van der Waals surface area contributed by atoms with Gasteiger partial charge in [0.2, 0.25) is 0 Å². The quantitative estimate of drug-likeness (QED) is 0.749. The van der Waals surface area contributed by atoms with Crippen LogP contribution >= 0.6 is 23.2 Å². The molecule has 0 spiro atoms. The maximum absolute atomic E-state index is 12.2. The molecule has 2 amide bonds. The van der Waals surface area contributed by atoms with Crippen molar-refractivity contribution >= 4 is 34.9 Å². The molecular formula is C18H20Cl2N2O2. The molecule has 2 rings (SSSR count). The van der Waals surface area contributed by atoms with Crippen molar-refractivity contribution in [1.82, 2.24) is 5.32 Å². The maximum Gasteiger partial charge on any atom is 0.319 e. The molecule has 0 fully saturated rings.